The fourth-order valence-electron chi connectivity index (χ4n) is 1.14. The van der Waals surface area contributed by atoms with Crippen molar-refractivity contribution in [2.45, 2.75) is 13.0 Å². The molecule has 1 rings (SSSR count). The van der Waals surface area contributed by atoms with Crippen LogP contribution in [0, 0.1) is 5.82 Å². The van der Waals surface area contributed by atoms with Crippen molar-refractivity contribution in [3.8, 4) is 0 Å². The minimum absolute atomic E-state index is 0.270. The van der Waals surface area contributed by atoms with Crippen molar-refractivity contribution in [1.82, 2.24) is 0 Å². The molecular weight excluding hydrogens is 227 g/mol. The molecule has 0 spiro atoms. The fourth-order valence-corrected chi connectivity index (χ4v) is 1.14. The highest BCUT2D eigenvalue weighted by atomic mass is 19.1. The second kappa shape index (κ2) is 5.40. The predicted octanol–water partition coefficient (Wildman–Crippen LogP) is 0.898. The second-order valence-electron chi connectivity index (χ2n) is 3.43. The molecule has 5 nitrogen and oxygen atoms in total. The summed E-state index contributed by atoms with van der Waals surface area (Å²) in [7, 11) is 1.39. The molecule has 2 amide bonds. The van der Waals surface area contributed by atoms with Gasteiger partial charge in [0.2, 0.25) is 0 Å². The van der Waals surface area contributed by atoms with E-state index < -0.39 is 23.7 Å². The zero-order valence-corrected chi connectivity index (χ0v) is 9.49. The molecule has 0 aliphatic carbocycles. The maximum Gasteiger partial charge on any atom is 0.253 e. The van der Waals surface area contributed by atoms with Crippen LogP contribution in [-0.4, -0.2) is 25.0 Å². The van der Waals surface area contributed by atoms with Gasteiger partial charge in [0.25, 0.3) is 11.8 Å². The van der Waals surface area contributed by atoms with Crippen molar-refractivity contribution in [2.75, 3.05) is 12.4 Å². The number of hydrogen-bond donors (Lipinski definition) is 2. The molecule has 1 aromatic rings. The number of anilines is 1. The van der Waals surface area contributed by atoms with Crippen LogP contribution in [0.2, 0.25) is 0 Å². The Morgan fingerprint density at radius 3 is 2.65 bits per heavy atom. The number of carbonyl (C=O) groups excluding carboxylic acids is 2. The van der Waals surface area contributed by atoms with Gasteiger partial charge in [0.1, 0.15) is 11.9 Å². The van der Waals surface area contributed by atoms with Gasteiger partial charge in [-0.1, -0.05) is 0 Å². The Kier molecular flexibility index (Phi) is 4.17. The van der Waals surface area contributed by atoms with Gasteiger partial charge in [-0.2, -0.15) is 0 Å². The van der Waals surface area contributed by atoms with Crippen LogP contribution in [0.25, 0.3) is 0 Å². The zero-order valence-electron chi connectivity index (χ0n) is 9.49. The largest absolute Gasteiger partial charge is 0.372 e. The van der Waals surface area contributed by atoms with Crippen LogP contribution in [0.4, 0.5) is 10.1 Å². The lowest BCUT2D eigenvalue weighted by atomic mass is 10.1. The van der Waals surface area contributed by atoms with E-state index in [0.29, 0.717) is 0 Å². The molecule has 0 saturated carbocycles. The van der Waals surface area contributed by atoms with E-state index in [1.54, 1.807) is 6.92 Å². The summed E-state index contributed by atoms with van der Waals surface area (Å²) in [5, 5.41) is 2.48. The van der Waals surface area contributed by atoms with Crippen LogP contribution < -0.4 is 11.1 Å². The summed E-state index contributed by atoms with van der Waals surface area (Å²) in [6, 6.07) is 3.58. The minimum Gasteiger partial charge on any atom is -0.372 e. The van der Waals surface area contributed by atoms with Gasteiger partial charge in [0.05, 0.1) is 5.56 Å². The van der Waals surface area contributed by atoms with Crippen molar-refractivity contribution in [3.05, 3.63) is 29.6 Å². The van der Waals surface area contributed by atoms with Crippen molar-refractivity contribution in [3.63, 3.8) is 0 Å². The normalized spacial score (nSPS) is 11.9. The van der Waals surface area contributed by atoms with Crippen molar-refractivity contribution < 1.29 is 18.7 Å². The topological polar surface area (TPSA) is 81.4 Å². The first-order valence-corrected chi connectivity index (χ1v) is 4.88. The number of primary amides is 1. The number of carbonyl (C=O) groups is 2. The first-order chi connectivity index (χ1) is 7.95. The Morgan fingerprint density at radius 1 is 1.47 bits per heavy atom. The molecule has 6 heteroatoms. The van der Waals surface area contributed by atoms with Crippen molar-refractivity contribution in [2.24, 2.45) is 5.73 Å². The highest BCUT2D eigenvalue weighted by molar-refractivity contribution is 5.97. The summed E-state index contributed by atoms with van der Waals surface area (Å²) >= 11 is 0. The predicted molar refractivity (Wildman–Crippen MR) is 60.0 cm³/mol. The van der Waals surface area contributed by atoms with Crippen molar-refractivity contribution in [1.29, 1.82) is 0 Å². The van der Waals surface area contributed by atoms with Gasteiger partial charge in [-0.05, 0) is 25.1 Å². The Labute approximate surface area is 97.7 Å². The monoisotopic (exact) mass is 240 g/mol. The van der Waals surface area contributed by atoms with Crippen molar-refractivity contribution >= 4 is 17.5 Å². The van der Waals surface area contributed by atoms with Gasteiger partial charge in [-0.25, -0.2) is 4.39 Å². The van der Waals surface area contributed by atoms with Crippen LogP contribution in [0.15, 0.2) is 18.2 Å². The number of hydrogen-bond acceptors (Lipinski definition) is 3. The molecule has 0 saturated heterocycles. The van der Waals surface area contributed by atoms with Crippen LogP contribution in [0.5, 0.6) is 0 Å². The van der Waals surface area contributed by atoms with E-state index in [1.807, 2.05) is 0 Å². The average Bonchev–Trinajstić information content (AvgIpc) is 2.30. The number of amides is 2. The van der Waals surface area contributed by atoms with Crippen LogP contribution in [0.3, 0.4) is 0 Å². The maximum atomic E-state index is 13.1. The number of halogens is 1. The van der Waals surface area contributed by atoms with Gasteiger partial charge >= 0.3 is 0 Å². The average molecular weight is 240 g/mol. The molecule has 1 atom stereocenters. The van der Waals surface area contributed by atoms with Gasteiger partial charge < -0.3 is 15.8 Å². The molecule has 3 N–H and O–H groups in total. The Bertz CT molecular complexity index is 448. The van der Waals surface area contributed by atoms with Crippen LogP contribution in [-0.2, 0) is 9.53 Å². The smallest absolute Gasteiger partial charge is 0.253 e. The SMILES string of the molecule is COC(C)C(=O)Nc1ccc(F)c(C(N)=O)c1. The van der Waals surface area contributed by atoms with E-state index in [2.05, 4.69) is 5.32 Å². The standard InChI is InChI=1S/C11H13FN2O3/c1-6(17-2)11(16)14-7-3-4-9(12)8(5-7)10(13)15/h3-6H,1-2H3,(H2,13,15)(H,14,16). The lowest BCUT2D eigenvalue weighted by molar-refractivity contribution is -0.124. The summed E-state index contributed by atoms with van der Waals surface area (Å²) < 4.78 is 18.0. The van der Waals surface area contributed by atoms with E-state index in [1.165, 1.54) is 19.2 Å². The first-order valence-electron chi connectivity index (χ1n) is 4.88. The second-order valence-corrected chi connectivity index (χ2v) is 3.43. The van der Waals surface area contributed by atoms with E-state index >= 15 is 0 Å². The van der Waals surface area contributed by atoms with E-state index in [9.17, 15) is 14.0 Å². The summed E-state index contributed by atoms with van der Waals surface area (Å²) in [6.07, 6.45) is -0.642. The lowest BCUT2D eigenvalue weighted by Crippen LogP contribution is -2.26. The molecule has 0 bridgehead atoms. The number of nitrogens with one attached hydrogen (secondary N) is 1. The molecule has 0 aromatic heterocycles. The highest BCUT2D eigenvalue weighted by Crippen LogP contribution is 2.14. The summed E-state index contributed by atoms with van der Waals surface area (Å²) in [6.45, 7) is 1.56. The highest BCUT2D eigenvalue weighted by Gasteiger charge is 2.14. The molecule has 0 heterocycles. The van der Waals surface area contributed by atoms with Crippen LogP contribution in [0.1, 0.15) is 17.3 Å². The third-order valence-corrected chi connectivity index (χ3v) is 2.22. The number of rotatable bonds is 4. The Hall–Kier alpha value is -1.95. The maximum absolute atomic E-state index is 13.1. The fraction of sp³-hybridized carbons (Fsp3) is 0.273. The third kappa shape index (κ3) is 3.25. The number of ether oxygens (including phenoxy) is 1. The quantitative estimate of drug-likeness (QED) is 0.820. The van der Waals surface area contributed by atoms with E-state index in [0.717, 1.165) is 6.07 Å². The zero-order chi connectivity index (χ0) is 13.0. The molecule has 1 aromatic carbocycles. The molecule has 17 heavy (non-hydrogen) atoms. The number of nitrogens with two attached hydrogens (primary N) is 1. The van der Waals surface area contributed by atoms with Gasteiger partial charge in [-0.15, -0.1) is 0 Å². The molecule has 0 aliphatic heterocycles. The molecule has 92 valence electrons. The third-order valence-electron chi connectivity index (χ3n) is 2.22. The first kappa shape index (κ1) is 13.1. The number of benzene rings is 1. The number of methoxy groups -OCH3 is 1. The molecule has 0 radical (unpaired) electrons. The van der Waals surface area contributed by atoms with Crippen LogP contribution >= 0.6 is 0 Å². The van der Waals surface area contributed by atoms with Gasteiger partial charge in [0, 0.05) is 12.8 Å². The van der Waals surface area contributed by atoms with Gasteiger partial charge in [0.15, 0.2) is 0 Å². The minimum atomic E-state index is -0.890. The Morgan fingerprint density at radius 2 is 2.12 bits per heavy atom. The molecule has 0 fully saturated rings. The lowest BCUT2D eigenvalue weighted by Gasteiger charge is -2.11. The summed E-state index contributed by atoms with van der Waals surface area (Å²) in [5.41, 5.74) is 5.00. The van der Waals surface area contributed by atoms with Gasteiger partial charge in [-0.3, -0.25) is 9.59 Å². The Balaban J connectivity index is 2.90. The molecular formula is C11H13FN2O3. The summed E-state index contributed by atoms with van der Waals surface area (Å²) in [5.74, 6) is -2.01. The molecule has 0 aliphatic rings. The summed E-state index contributed by atoms with van der Waals surface area (Å²) in [4.78, 5) is 22.4. The van der Waals surface area contributed by atoms with E-state index in [-0.39, 0.29) is 11.3 Å². The molecule has 1 unspecified atom stereocenters. The van der Waals surface area contributed by atoms with E-state index in [4.69, 9.17) is 10.5 Å².